The molecule has 1 atom stereocenters. The molecule has 0 aromatic heterocycles. The second-order valence-corrected chi connectivity index (χ2v) is 9.48. The topological polar surface area (TPSA) is 26.3 Å². The van der Waals surface area contributed by atoms with E-state index in [0.29, 0.717) is 13.0 Å². The minimum absolute atomic E-state index is 0.229. The minimum atomic E-state index is -0.326. The summed E-state index contributed by atoms with van der Waals surface area (Å²) < 4.78 is 5.94. The summed E-state index contributed by atoms with van der Waals surface area (Å²) in [6, 6.07) is 0. The van der Waals surface area contributed by atoms with Crippen molar-refractivity contribution in [2.75, 3.05) is 27.7 Å². The average Bonchev–Trinajstić information content (AvgIpc) is 2.62. The lowest BCUT2D eigenvalue weighted by molar-refractivity contribution is -0.872. The van der Waals surface area contributed by atoms with E-state index in [4.69, 9.17) is 4.52 Å². The fourth-order valence-corrected chi connectivity index (χ4v) is 3.74. The Balaban J connectivity index is 3.38. The van der Waals surface area contributed by atoms with Crippen molar-refractivity contribution in [3.8, 4) is 0 Å². The lowest BCUT2D eigenvalue weighted by Gasteiger charge is -2.30. The van der Waals surface area contributed by atoms with Crippen LogP contribution >= 0.6 is 9.47 Å². The summed E-state index contributed by atoms with van der Waals surface area (Å²) in [6.07, 6.45) is 20.6. The van der Waals surface area contributed by atoms with E-state index in [1.54, 1.807) is 0 Å². The Labute approximate surface area is 172 Å². The molecule has 27 heavy (non-hydrogen) atoms. The third kappa shape index (κ3) is 19.1. The lowest BCUT2D eigenvalue weighted by atomic mass is 10.0. The summed E-state index contributed by atoms with van der Waals surface area (Å²) in [6.45, 7) is 2.99. The molecule has 0 aliphatic carbocycles. The fraction of sp³-hybridized carbons (Fsp3) is 0.957. The number of carbonyl (C=O) groups is 1. The molecule has 0 aliphatic heterocycles. The molecule has 162 valence electrons. The highest BCUT2D eigenvalue weighted by Crippen LogP contribution is 2.15. The second kappa shape index (κ2) is 18.1. The zero-order valence-corrected chi connectivity index (χ0v) is 19.9. The first-order valence-corrected chi connectivity index (χ1v) is 12.0. The van der Waals surface area contributed by atoms with Crippen LogP contribution in [0.25, 0.3) is 0 Å². The largest absolute Gasteiger partial charge is 0.549 e. The number of quaternary nitrogens is 1. The van der Waals surface area contributed by atoms with Gasteiger partial charge in [-0.15, -0.1) is 0 Å². The van der Waals surface area contributed by atoms with Gasteiger partial charge >= 0.3 is 0 Å². The van der Waals surface area contributed by atoms with Crippen LogP contribution in [0, 0.1) is 0 Å². The first-order chi connectivity index (χ1) is 12.9. The molecule has 3 nitrogen and oxygen atoms in total. The van der Waals surface area contributed by atoms with Crippen LogP contribution in [-0.2, 0) is 9.32 Å². The van der Waals surface area contributed by atoms with Gasteiger partial charge in [0.25, 0.3) is 0 Å². The molecule has 0 aromatic carbocycles. The number of ketones is 1. The predicted octanol–water partition coefficient (Wildman–Crippen LogP) is 6.97. The molecule has 0 aliphatic rings. The molecule has 1 unspecified atom stereocenters. The van der Waals surface area contributed by atoms with Gasteiger partial charge in [0, 0.05) is 6.42 Å². The first kappa shape index (κ1) is 27.0. The van der Waals surface area contributed by atoms with Crippen molar-refractivity contribution >= 4 is 15.2 Å². The molecule has 0 heterocycles. The molecule has 0 saturated carbocycles. The number of likely N-dealkylation sites (N-methyl/N-ethyl adjacent to an activating group) is 1. The molecule has 0 aromatic rings. The molecule has 0 fully saturated rings. The Hall–Kier alpha value is 0.0200. The molecular weight excluding hydrogens is 353 g/mol. The van der Waals surface area contributed by atoms with Crippen LogP contribution in [0.5, 0.6) is 0 Å². The van der Waals surface area contributed by atoms with E-state index in [9.17, 15) is 4.79 Å². The molecule has 0 bridgehead atoms. The van der Waals surface area contributed by atoms with Gasteiger partial charge in [0.1, 0.15) is 12.6 Å². The number of unbranched alkanes of at least 4 members (excludes halogenated alkanes) is 14. The van der Waals surface area contributed by atoms with Crippen LogP contribution in [0.1, 0.15) is 110 Å². The van der Waals surface area contributed by atoms with Crippen LogP contribution in [0.3, 0.4) is 0 Å². The van der Waals surface area contributed by atoms with Gasteiger partial charge in [-0.05, 0) is 6.42 Å². The number of hydrogen-bond donors (Lipinski definition) is 0. The summed E-state index contributed by atoms with van der Waals surface area (Å²) in [5.74, 6) is 0.229. The number of Topliss-reactive ketones (excluding diaryl/α,β-unsaturated/α-hetero) is 1. The average molecular weight is 402 g/mol. The summed E-state index contributed by atoms with van der Waals surface area (Å²) in [5.41, 5.74) is 0. The molecule has 0 rings (SSSR count). The summed E-state index contributed by atoms with van der Waals surface area (Å²) in [4.78, 5) is 12.2. The Bertz CT molecular complexity index is 342. The zero-order chi connectivity index (χ0) is 20.4. The predicted molar refractivity (Wildman–Crippen MR) is 121 cm³/mol. The van der Waals surface area contributed by atoms with Crippen molar-refractivity contribution in [1.29, 1.82) is 0 Å². The summed E-state index contributed by atoms with van der Waals surface area (Å²) in [5, 5.41) is 0. The summed E-state index contributed by atoms with van der Waals surface area (Å²) >= 11 is 0. The Morgan fingerprint density at radius 3 is 1.44 bits per heavy atom. The highest BCUT2D eigenvalue weighted by Gasteiger charge is 2.21. The molecule has 0 spiro atoms. The van der Waals surface area contributed by atoms with Crippen molar-refractivity contribution in [3.05, 3.63) is 0 Å². The van der Waals surface area contributed by atoms with E-state index < -0.39 is 0 Å². The second-order valence-electron chi connectivity index (χ2n) is 9.25. The van der Waals surface area contributed by atoms with Gasteiger partial charge < -0.3 is 18.5 Å². The van der Waals surface area contributed by atoms with Gasteiger partial charge in [-0.3, -0.25) is 4.79 Å². The number of hydrogen-bond acceptors (Lipinski definition) is 2. The van der Waals surface area contributed by atoms with Gasteiger partial charge in [0.05, 0.1) is 21.1 Å². The smallest absolute Gasteiger partial charge is 0.164 e. The maximum atomic E-state index is 12.2. The third-order valence-electron chi connectivity index (χ3n) is 5.24. The maximum absolute atomic E-state index is 12.2. The third-order valence-corrected chi connectivity index (χ3v) is 5.53. The molecule has 0 N–H and O–H groups in total. The van der Waals surface area contributed by atoms with Crippen molar-refractivity contribution in [2.45, 2.75) is 116 Å². The zero-order valence-electron chi connectivity index (χ0n) is 18.9. The van der Waals surface area contributed by atoms with E-state index in [-0.39, 0.29) is 11.9 Å². The lowest BCUT2D eigenvalue weighted by Crippen LogP contribution is -2.44. The molecular formula is C23H48NO2P. The van der Waals surface area contributed by atoms with Crippen LogP contribution < -0.4 is 0 Å². The van der Waals surface area contributed by atoms with Crippen molar-refractivity contribution in [1.82, 2.24) is 0 Å². The number of rotatable bonds is 20. The Morgan fingerprint density at radius 1 is 0.741 bits per heavy atom. The van der Waals surface area contributed by atoms with Gasteiger partial charge in [-0.25, -0.2) is 0 Å². The fourth-order valence-electron chi connectivity index (χ4n) is 3.53. The standard InChI is InChI=1S/C23H48NO2P/c1-5-6-7-8-9-10-11-12-13-14-15-16-17-18-19-20-22(25)23(26-27)21-24(2,3)4/h23,27H,5-21H2,1-4H3. The van der Waals surface area contributed by atoms with Gasteiger partial charge in [0.15, 0.2) is 5.78 Å². The van der Waals surface area contributed by atoms with Gasteiger partial charge in [-0.1, -0.05) is 96.8 Å². The monoisotopic (exact) mass is 401 g/mol. The number of nitrogens with zero attached hydrogens (tertiary/aromatic N) is 1. The summed E-state index contributed by atoms with van der Waals surface area (Å²) in [7, 11) is 9.32. The quantitative estimate of drug-likeness (QED) is 0.125. The highest BCUT2D eigenvalue weighted by atomic mass is 31.0. The van der Waals surface area contributed by atoms with Crippen molar-refractivity contribution in [3.63, 3.8) is 0 Å². The van der Waals surface area contributed by atoms with Crippen LogP contribution in [0.4, 0.5) is 0 Å². The Kier molecular flexibility index (Phi) is 18.1. The van der Waals surface area contributed by atoms with E-state index in [0.717, 1.165) is 10.9 Å². The maximum Gasteiger partial charge on any atom is 0.164 e. The minimum Gasteiger partial charge on any atom is -0.549 e. The van der Waals surface area contributed by atoms with E-state index in [1.807, 2.05) is 0 Å². The van der Waals surface area contributed by atoms with Crippen molar-refractivity contribution < 1.29 is 13.8 Å². The van der Waals surface area contributed by atoms with Crippen LogP contribution in [0.2, 0.25) is 0 Å². The molecule has 0 radical (unpaired) electrons. The molecule has 0 saturated heterocycles. The van der Waals surface area contributed by atoms with E-state index in [2.05, 4.69) is 37.5 Å². The number of carbonyl (C=O) groups excluding carboxylic acids is 1. The van der Waals surface area contributed by atoms with E-state index in [1.165, 1.54) is 89.9 Å². The van der Waals surface area contributed by atoms with Crippen LogP contribution in [-0.4, -0.2) is 44.1 Å². The van der Waals surface area contributed by atoms with Gasteiger partial charge in [-0.2, -0.15) is 0 Å². The Morgan fingerprint density at radius 2 is 1.11 bits per heavy atom. The highest BCUT2D eigenvalue weighted by molar-refractivity contribution is 7.09. The van der Waals surface area contributed by atoms with Crippen molar-refractivity contribution in [2.24, 2.45) is 0 Å². The normalized spacial score (nSPS) is 13.1. The van der Waals surface area contributed by atoms with E-state index >= 15 is 0 Å². The molecule has 4 heteroatoms. The molecule has 0 amide bonds. The first-order valence-electron chi connectivity index (χ1n) is 11.6. The SMILES string of the molecule is CCCCCCCCCCCCCCCCCC(=O)C(C[N+](C)(C)C)O[PH-]. The van der Waals surface area contributed by atoms with Gasteiger partial charge in [0.2, 0.25) is 0 Å². The van der Waals surface area contributed by atoms with Crippen LogP contribution in [0.15, 0.2) is 0 Å².